The van der Waals surface area contributed by atoms with Gasteiger partial charge in [-0.1, -0.05) is 20.3 Å². The first-order chi connectivity index (χ1) is 11.6. The summed E-state index contributed by atoms with van der Waals surface area (Å²) in [6.07, 6.45) is 5.47. The first-order valence-corrected chi connectivity index (χ1v) is 9.42. The molecule has 1 saturated heterocycles. The standard InChI is InChI=1S/C20H33N3O/c1-4-5-13-22(3)14-12-20(24)21-18-6-8-19(9-7-18)23-15-10-17(2)11-16-23/h6-9,17H,4-5,10-16H2,1-3H3,(H,21,24). The average molecular weight is 332 g/mol. The van der Waals surface area contributed by atoms with E-state index in [0.717, 1.165) is 37.8 Å². The number of hydrogen-bond donors (Lipinski definition) is 1. The number of carbonyl (C=O) groups excluding carboxylic acids is 1. The quantitative estimate of drug-likeness (QED) is 0.782. The van der Waals surface area contributed by atoms with Gasteiger partial charge in [0.2, 0.25) is 5.91 Å². The molecule has 4 nitrogen and oxygen atoms in total. The maximum absolute atomic E-state index is 12.1. The van der Waals surface area contributed by atoms with Gasteiger partial charge in [-0.3, -0.25) is 4.79 Å². The lowest BCUT2D eigenvalue weighted by molar-refractivity contribution is -0.116. The van der Waals surface area contributed by atoms with E-state index in [4.69, 9.17) is 0 Å². The van der Waals surface area contributed by atoms with Crippen molar-refractivity contribution in [1.82, 2.24) is 4.90 Å². The van der Waals surface area contributed by atoms with Crippen molar-refractivity contribution in [2.45, 2.75) is 46.0 Å². The normalized spacial score (nSPS) is 15.8. The zero-order valence-corrected chi connectivity index (χ0v) is 15.6. The molecule has 0 aliphatic carbocycles. The summed E-state index contributed by atoms with van der Waals surface area (Å²) in [5.41, 5.74) is 2.16. The van der Waals surface area contributed by atoms with E-state index >= 15 is 0 Å². The maximum atomic E-state index is 12.1. The summed E-state index contributed by atoms with van der Waals surface area (Å²) >= 11 is 0. The van der Waals surface area contributed by atoms with Gasteiger partial charge in [0.25, 0.3) is 0 Å². The number of hydrogen-bond acceptors (Lipinski definition) is 3. The van der Waals surface area contributed by atoms with Crippen LogP contribution in [-0.4, -0.2) is 44.0 Å². The van der Waals surface area contributed by atoms with Crippen molar-refractivity contribution in [1.29, 1.82) is 0 Å². The van der Waals surface area contributed by atoms with Crippen molar-refractivity contribution in [3.63, 3.8) is 0 Å². The second-order valence-corrected chi connectivity index (χ2v) is 7.17. The summed E-state index contributed by atoms with van der Waals surface area (Å²) in [4.78, 5) is 16.7. The fraction of sp³-hybridized carbons (Fsp3) is 0.650. The molecule has 0 atom stereocenters. The van der Waals surface area contributed by atoms with Crippen LogP contribution in [0, 0.1) is 5.92 Å². The minimum atomic E-state index is 0.0953. The molecule has 1 heterocycles. The van der Waals surface area contributed by atoms with E-state index < -0.39 is 0 Å². The number of unbranched alkanes of at least 4 members (excludes halogenated alkanes) is 1. The molecule has 2 rings (SSSR count). The molecule has 1 aromatic carbocycles. The first kappa shape index (κ1) is 18.8. The molecule has 1 aromatic rings. The zero-order valence-electron chi connectivity index (χ0n) is 15.6. The van der Waals surface area contributed by atoms with Gasteiger partial charge in [-0.2, -0.15) is 0 Å². The van der Waals surface area contributed by atoms with E-state index in [2.05, 4.69) is 48.1 Å². The molecular formula is C20H33N3O. The lowest BCUT2D eigenvalue weighted by Gasteiger charge is -2.32. The zero-order chi connectivity index (χ0) is 17.4. The van der Waals surface area contributed by atoms with Crippen LogP contribution in [0.25, 0.3) is 0 Å². The average Bonchev–Trinajstić information content (AvgIpc) is 2.59. The Kier molecular flexibility index (Phi) is 7.57. The summed E-state index contributed by atoms with van der Waals surface area (Å²) in [5.74, 6) is 0.938. The van der Waals surface area contributed by atoms with Crippen molar-refractivity contribution in [3.8, 4) is 0 Å². The number of rotatable bonds is 8. The third-order valence-electron chi connectivity index (χ3n) is 4.91. The van der Waals surface area contributed by atoms with Crippen LogP contribution in [0.4, 0.5) is 11.4 Å². The Morgan fingerprint density at radius 2 is 1.88 bits per heavy atom. The highest BCUT2D eigenvalue weighted by Crippen LogP contribution is 2.24. The van der Waals surface area contributed by atoms with E-state index in [-0.39, 0.29) is 5.91 Å². The monoisotopic (exact) mass is 331 g/mol. The molecule has 1 N–H and O–H groups in total. The SMILES string of the molecule is CCCCN(C)CCC(=O)Nc1ccc(N2CCC(C)CC2)cc1. The molecule has 4 heteroatoms. The summed E-state index contributed by atoms with van der Waals surface area (Å²) in [6, 6.07) is 8.29. The molecule has 1 aliphatic rings. The van der Waals surface area contributed by atoms with E-state index in [0.29, 0.717) is 6.42 Å². The lowest BCUT2D eigenvalue weighted by Crippen LogP contribution is -2.32. The summed E-state index contributed by atoms with van der Waals surface area (Å²) in [7, 11) is 2.08. The first-order valence-electron chi connectivity index (χ1n) is 9.42. The predicted molar refractivity (Wildman–Crippen MR) is 103 cm³/mol. The molecule has 24 heavy (non-hydrogen) atoms. The van der Waals surface area contributed by atoms with Crippen LogP contribution in [-0.2, 0) is 4.79 Å². The van der Waals surface area contributed by atoms with Crippen molar-refractivity contribution in [3.05, 3.63) is 24.3 Å². The molecule has 0 aromatic heterocycles. The van der Waals surface area contributed by atoms with Gasteiger partial charge in [-0.05, 0) is 63.0 Å². The molecule has 134 valence electrons. The van der Waals surface area contributed by atoms with Gasteiger partial charge < -0.3 is 15.1 Å². The Bertz CT molecular complexity index is 492. The number of piperidine rings is 1. The Labute approximate surface area is 147 Å². The van der Waals surface area contributed by atoms with Gasteiger partial charge in [-0.15, -0.1) is 0 Å². The van der Waals surface area contributed by atoms with Crippen LogP contribution >= 0.6 is 0 Å². The Balaban J connectivity index is 1.75. The summed E-state index contributed by atoms with van der Waals surface area (Å²) in [5, 5.41) is 3.01. The Morgan fingerprint density at radius 1 is 1.21 bits per heavy atom. The van der Waals surface area contributed by atoms with Crippen LogP contribution < -0.4 is 10.2 Å². The van der Waals surface area contributed by atoms with Crippen molar-refractivity contribution in [2.75, 3.05) is 43.4 Å². The largest absolute Gasteiger partial charge is 0.372 e. The van der Waals surface area contributed by atoms with Crippen LogP contribution in [0.1, 0.15) is 46.0 Å². The molecule has 0 unspecified atom stereocenters. The molecule has 0 radical (unpaired) electrons. The highest BCUT2D eigenvalue weighted by atomic mass is 16.1. The number of benzene rings is 1. The molecule has 0 bridgehead atoms. The number of nitrogens with one attached hydrogen (secondary N) is 1. The Morgan fingerprint density at radius 3 is 2.50 bits per heavy atom. The number of anilines is 2. The van der Waals surface area contributed by atoms with Gasteiger partial charge >= 0.3 is 0 Å². The van der Waals surface area contributed by atoms with E-state index in [9.17, 15) is 4.79 Å². The topological polar surface area (TPSA) is 35.6 Å². The van der Waals surface area contributed by atoms with Crippen LogP contribution in [0.2, 0.25) is 0 Å². The number of carbonyl (C=O) groups is 1. The number of amides is 1. The fourth-order valence-electron chi connectivity index (χ4n) is 3.08. The van der Waals surface area contributed by atoms with Gasteiger partial charge in [0.15, 0.2) is 0 Å². The van der Waals surface area contributed by atoms with E-state index in [1.807, 2.05) is 12.1 Å². The smallest absolute Gasteiger partial charge is 0.225 e. The minimum absolute atomic E-state index is 0.0953. The summed E-state index contributed by atoms with van der Waals surface area (Å²) < 4.78 is 0. The minimum Gasteiger partial charge on any atom is -0.372 e. The summed E-state index contributed by atoms with van der Waals surface area (Å²) in [6.45, 7) is 8.67. The second kappa shape index (κ2) is 9.67. The van der Waals surface area contributed by atoms with Gasteiger partial charge in [0.05, 0.1) is 0 Å². The molecule has 1 fully saturated rings. The molecular weight excluding hydrogens is 298 g/mol. The van der Waals surface area contributed by atoms with Crippen molar-refractivity contribution in [2.24, 2.45) is 5.92 Å². The highest BCUT2D eigenvalue weighted by Gasteiger charge is 2.15. The molecule has 1 amide bonds. The lowest BCUT2D eigenvalue weighted by atomic mass is 9.99. The van der Waals surface area contributed by atoms with Crippen LogP contribution in [0.3, 0.4) is 0 Å². The molecule has 0 saturated carbocycles. The fourth-order valence-corrected chi connectivity index (χ4v) is 3.08. The third kappa shape index (κ3) is 6.16. The van der Waals surface area contributed by atoms with Gasteiger partial charge in [-0.25, -0.2) is 0 Å². The highest BCUT2D eigenvalue weighted by molar-refractivity contribution is 5.91. The van der Waals surface area contributed by atoms with Crippen molar-refractivity contribution >= 4 is 17.3 Å². The van der Waals surface area contributed by atoms with Crippen LogP contribution in [0.15, 0.2) is 24.3 Å². The number of nitrogens with zero attached hydrogens (tertiary/aromatic N) is 2. The third-order valence-corrected chi connectivity index (χ3v) is 4.91. The van der Waals surface area contributed by atoms with Crippen LogP contribution in [0.5, 0.6) is 0 Å². The maximum Gasteiger partial charge on any atom is 0.225 e. The van der Waals surface area contributed by atoms with Gasteiger partial charge in [0, 0.05) is 37.4 Å². The molecule has 1 aliphatic heterocycles. The van der Waals surface area contributed by atoms with Gasteiger partial charge in [0.1, 0.15) is 0 Å². The molecule has 0 spiro atoms. The van der Waals surface area contributed by atoms with E-state index in [1.165, 1.54) is 31.4 Å². The predicted octanol–water partition coefficient (Wildman–Crippen LogP) is 3.98. The van der Waals surface area contributed by atoms with E-state index in [1.54, 1.807) is 0 Å². The Hall–Kier alpha value is -1.55. The van der Waals surface area contributed by atoms with Crippen molar-refractivity contribution < 1.29 is 4.79 Å². The second-order valence-electron chi connectivity index (χ2n) is 7.17.